The van der Waals surface area contributed by atoms with Crippen molar-refractivity contribution in [3.63, 3.8) is 0 Å². The predicted octanol–water partition coefficient (Wildman–Crippen LogP) is 2.46. The highest BCUT2D eigenvalue weighted by atomic mass is 32.2. The van der Waals surface area contributed by atoms with Crippen molar-refractivity contribution in [2.24, 2.45) is 5.73 Å². The highest BCUT2D eigenvalue weighted by Crippen LogP contribution is 2.47. The number of hydrogen-bond acceptors (Lipinski definition) is 5. The fourth-order valence-corrected chi connectivity index (χ4v) is 3.67. The molecule has 2 aliphatic rings. The summed E-state index contributed by atoms with van der Waals surface area (Å²) in [6.07, 6.45) is 6.38. The molecule has 0 saturated heterocycles. The van der Waals surface area contributed by atoms with Gasteiger partial charge in [-0.2, -0.15) is 11.8 Å². The van der Waals surface area contributed by atoms with Gasteiger partial charge >= 0.3 is 6.03 Å². The van der Waals surface area contributed by atoms with Gasteiger partial charge in [0, 0.05) is 24.6 Å². The van der Waals surface area contributed by atoms with E-state index in [2.05, 4.69) is 10.6 Å². The number of urea groups is 1. The maximum atomic E-state index is 12.4. The summed E-state index contributed by atoms with van der Waals surface area (Å²) in [6.45, 7) is 0. The minimum atomic E-state index is -0.713. The van der Waals surface area contributed by atoms with E-state index in [0.29, 0.717) is 23.6 Å². The van der Waals surface area contributed by atoms with E-state index in [0.717, 1.165) is 31.4 Å². The van der Waals surface area contributed by atoms with Crippen LogP contribution < -0.4 is 25.8 Å². The third-order valence-corrected chi connectivity index (χ3v) is 5.06. The lowest BCUT2D eigenvalue weighted by atomic mass is 10.2. The molecular weight excluding hydrogens is 342 g/mol. The van der Waals surface area contributed by atoms with Gasteiger partial charge in [0.25, 0.3) is 5.79 Å². The number of hydrogen-bond donors (Lipinski definition) is 3. The zero-order valence-corrected chi connectivity index (χ0v) is 15.0. The number of carbonyl (C=O) groups is 2. The van der Waals surface area contributed by atoms with Gasteiger partial charge in [-0.05, 0) is 43.4 Å². The van der Waals surface area contributed by atoms with Crippen molar-refractivity contribution in [3.05, 3.63) is 18.2 Å². The summed E-state index contributed by atoms with van der Waals surface area (Å²) in [5.74, 6) is 1.25. The summed E-state index contributed by atoms with van der Waals surface area (Å²) in [4.78, 5) is 23.6. The first kappa shape index (κ1) is 17.7. The SMILES string of the molecule is CSCC[C@@H](NC(N)=O)C(=O)Nc1ccc2c(c1)OC1(CCCC1)O2. The topological polar surface area (TPSA) is 103 Å². The van der Waals surface area contributed by atoms with Crippen LogP contribution >= 0.6 is 11.8 Å². The Morgan fingerprint density at radius 1 is 1.28 bits per heavy atom. The lowest BCUT2D eigenvalue weighted by molar-refractivity contribution is -0.117. The minimum absolute atomic E-state index is 0.303. The van der Waals surface area contributed by atoms with Gasteiger partial charge in [-0.1, -0.05) is 0 Å². The van der Waals surface area contributed by atoms with Crippen molar-refractivity contribution in [2.45, 2.75) is 43.9 Å². The first-order valence-electron chi connectivity index (χ1n) is 8.39. The summed E-state index contributed by atoms with van der Waals surface area (Å²) < 4.78 is 12.0. The number of amides is 3. The molecule has 1 atom stereocenters. The van der Waals surface area contributed by atoms with E-state index < -0.39 is 17.9 Å². The van der Waals surface area contributed by atoms with Crippen molar-refractivity contribution >= 4 is 29.4 Å². The lowest BCUT2D eigenvalue weighted by Gasteiger charge is -2.21. The largest absolute Gasteiger partial charge is 0.448 e. The van der Waals surface area contributed by atoms with Gasteiger partial charge in [-0.15, -0.1) is 0 Å². The van der Waals surface area contributed by atoms with Crippen LogP contribution in [0.3, 0.4) is 0 Å². The van der Waals surface area contributed by atoms with E-state index >= 15 is 0 Å². The fourth-order valence-electron chi connectivity index (χ4n) is 3.19. The molecule has 1 heterocycles. The molecule has 1 aromatic carbocycles. The number of carbonyl (C=O) groups excluding carboxylic acids is 2. The van der Waals surface area contributed by atoms with E-state index in [-0.39, 0.29) is 5.91 Å². The maximum absolute atomic E-state index is 12.4. The molecule has 1 aromatic rings. The van der Waals surface area contributed by atoms with Crippen LogP contribution in [0, 0.1) is 0 Å². The molecule has 0 bridgehead atoms. The average molecular weight is 365 g/mol. The molecule has 1 aliphatic heterocycles. The molecule has 136 valence electrons. The van der Waals surface area contributed by atoms with Crippen molar-refractivity contribution in [1.82, 2.24) is 5.32 Å². The third-order valence-electron chi connectivity index (χ3n) is 4.41. The first-order chi connectivity index (χ1) is 12.0. The van der Waals surface area contributed by atoms with Gasteiger partial charge < -0.3 is 25.8 Å². The van der Waals surface area contributed by atoms with Crippen LogP contribution in [0.4, 0.5) is 10.5 Å². The van der Waals surface area contributed by atoms with Crippen LogP contribution in [0.25, 0.3) is 0 Å². The summed E-state index contributed by atoms with van der Waals surface area (Å²) in [6, 6.07) is 3.95. The number of anilines is 1. The maximum Gasteiger partial charge on any atom is 0.312 e. The van der Waals surface area contributed by atoms with Gasteiger partial charge in [0.05, 0.1) is 0 Å². The quantitative estimate of drug-likeness (QED) is 0.719. The summed E-state index contributed by atoms with van der Waals surface area (Å²) in [5, 5.41) is 5.30. The number of nitrogens with one attached hydrogen (secondary N) is 2. The Kier molecular flexibility index (Phi) is 5.27. The smallest absolute Gasteiger partial charge is 0.312 e. The Morgan fingerprint density at radius 2 is 2.00 bits per heavy atom. The van der Waals surface area contributed by atoms with Gasteiger partial charge in [-0.3, -0.25) is 4.79 Å². The second kappa shape index (κ2) is 7.43. The van der Waals surface area contributed by atoms with E-state index in [1.54, 1.807) is 30.0 Å². The fraction of sp³-hybridized carbons (Fsp3) is 0.529. The second-order valence-electron chi connectivity index (χ2n) is 6.32. The van der Waals surface area contributed by atoms with Gasteiger partial charge in [0.1, 0.15) is 6.04 Å². The molecule has 0 unspecified atom stereocenters. The molecule has 25 heavy (non-hydrogen) atoms. The number of thioether (sulfide) groups is 1. The third kappa shape index (κ3) is 4.12. The van der Waals surface area contributed by atoms with E-state index in [1.807, 2.05) is 6.26 Å². The Morgan fingerprint density at radius 3 is 2.68 bits per heavy atom. The normalized spacial score (nSPS) is 18.1. The molecule has 3 rings (SSSR count). The van der Waals surface area contributed by atoms with Gasteiger partial charge in [0.15, 0.2) is 11.5 Å². The number of fused-ring (bicyclic) bond motifs is 1. The second-order valence-corrected chi connectivity index (χ2v) is 7.30. The highest BCUT2D eigenvalue weighted by molar-refractivity contribution is 7.98. The Hall–Kier alpha value is -2.09. The first-order valence-corrected chi connectivity index (χ1v) is 9.78. The number of nitrogens with two attached hydrogens (primary N) is 1. The predicted molar refractivity (Wildman–Crippen MR) is 97.0 cm³/mol. The molecule has 1 fully saturated rings. The van der Waals surface area contributed by atoms with Crippen LogP contribution in [0.1, 0.15) is 32.1 Å². The molecule has 1 spiro atoms. The van der Waals surface area contributed by atoms with E-state index in [4.69, 9.17) is 15.2 Å². The van der Waals surface area contributed by atoms with Gasteiger partial charge in [-0.25, -0.2) is 4.79 Å². The zero-order valence-electron chi connectivity index (χ0n) is 14.2. The van der Waals surface area contributed by atoms with Crippen molar-refractivity contribution < 1.29 is 19.1 Å². The summed E-state index contributed by atoms with van der Waals surface area (Å²) in [5.41, 5.74) is 5.76. The molecule has 1 saturated carbocycles. The molecule has 7 nitrogen and oxygen atoms in total. The molecule has 0 aromatic heterocycles. The molecule has 1 aliphatic carbocycles. The Balaban J connectivity index is 1.66. The van der Waals surface area contributed by atoms with Crippen LogP contribution in [-0.4, -0.2) is 35.8 Å². The minimum Gasteiger partial charge on any atom is -0.448 e. The molecule has 0 radical (unpaired) electrons. The number of rotatable bonds is 6. The average Bonchev–Trinajstić information content (AvgIpc) is 3.16. The van der Waals surface area contributed by atoms with Crippen LogP contribution in [0.5, 0.6) is 11.5 Å². The zero-order chi connectivity index (χ0) is 17.9. The van der Waals surface area contributed by atoms with Gasteiger partial charge in [0.2, 0.25) is 5.91 Å². The number of primary amides is 1. The standard InChI is InChI=1S/C17H23N3O4S/c1-25-9-6-12(20-16(18)22)15(21)19-11-4-5-13-14(10-11)24-17(23-13)7-2-3-8-17/h4-5,10,12H,2-3,6-9H2,1H3,(H,19,21)(H3,18,20,22)/t12-/m1/s1. The van der Waals surface area contributed by atoms with E-state index in [1.165, 1.54) is 0 Å². The Labute approximate surface area is 151 Å². The number of ether oxygens (including phenoxy) is 2. The summed E-state index contributed by atoms with van der Waals surface area (Å²) in [7, 11) is 0. The van der Waals surface area contributed by atoms with Crippen LogP contribution in [0.15, 0.2) is 18.2 Å². The number of benzene rings is 1. The molecular formula is C17H23N3O4S. The van der Waals surface area contributed by atoms with Crippen molar-refractivity contribution in [3.8, 4) is 11.5 Å². The molecule has 4 N–H and O–H groups in total. The monoisotopic (exact) mass is 365 g/mol. The molecule has 8 heteroatoms. The summed E-state index contributed by atoms with van der Waals surface area (Å²) >= 11 is 1.60. The molecule has 3 amide bonds. The van der Waals surface area contributed by atoms with Crippen LogP contribution in [0.2, 0.25) is 0 Å². The Bertz CT molecular complexity index is 661. The highest BCUT2D eigenvalue weighted by Gasteiger charge is 2.44. The van der Waals surface area contributed by atoms with Crippen LogP contribution in [-0.2, 0) is 4.79 Å². The van der Waals surface area contributed by atoms with Crippen molar-refractivity contribution in [1.29, 1.82) is 0 Å². The van der Waals surface area contributed by atoms with E-state index in [9.17, 15) is 9.59 Å². The van der Waals surface area contributed by atoms with Crippen molar-refractivity contribution in [2.75, 3.05) is 17.3 Å². The lowest BCUT2D eigenvalue weighted by Crippen LogP contribution is -2.46.